The Balaban J connectivity index is 3.05. The molecule has 28 heavy (non-hydrogen) atoms. The zero-order chi connectivity index (χ0) is 21.6. The molecule has 0 spiro atoms. The number of amides is 2. The Kier molecular flexibility index (Phi) is 7.71. The SMILES string of the molecule is CCC(=O)N(C(=O)OC(C)(C)C)C(CCC(=O)c1ccc(F)nc1F)C(=O)O. The van der Waals surface area contributed by atoms with Crippen LogP contribution in [0.3, 0.4) is 0 Å². The number of aliphatic carboxylic acids is 1. The number of ether oxygens (including phenoxy) is 1. The van der Waals surface area contributed by atoms with E-state index in [-0.39, 0.29) is 6.42 Å². The Labute approximate surface area is 160 Å². The van der Waals surface area contributed by atoms with Crippen LogP contribution >= 0.6 is 0 Å². The van der Waals surface area contributed by atoms with Gasteiger partial charge in [0.2, 0.25) is 17.8 Å². The van der Waals surface area contributed by atoms with Gasteiger partial charge >= 0.3 is 12.1 Å². The first kappa shape index (κ1) is 23.1. The predicted octanol–water partition coefficient (Wildman–Crippen LogP) is 2.95. The summed E-state index contributed by atoms with van der Waals surface area (Å²) in [6.45, 7) is 6.07. The molecule has 0 aliphatic rings. The molecule has 0 radical (unpaired) electrons. The number of hydrogen-bond donors (Lipinski definition) is 1. The van der Waals surface area contributed by atoms with E-state index in [1.807, 2.05) is 0 Å². The maximum atomic E-state index is 13.6. The minimum atomic E-state index is -1.69. The van der Waals surface area contributed by atoms with E-state index in [0.29, 0.717) is 4.90 Å². The van der Waals surface area contributed by atoms with Crippen molar-refractivity contribution in [2.45, 2.75) is 58.6 Å². The van der Waals surface area contributed by atoms with Gasteiger partial charge in [-0.05, 0) is 39.3 Å². The summed E-state index contributed by atoms with van der Waals surface area (Å²) in [6.07, 6.45) is -2.32. The van der Waals surface area contributed by atoms with Gasteiger partial charge in [-0.25, -0.2) is 14.5 Å². The first-order valence-corrected chi connectivity index (χ1v) is 8.50. The molecule has 0 aliphatic heterocycles. The van der Waals surface area contributed by atoms with Crippen molar-refractivity contribution in [1.82, 2.24) is 9.88 Å². The van der Waals surface area contributed by atoms with Crippen LogP contribution in [0.5, 0.6) is 0 Å². The number of pyridine rings is 1. The topological polar surface area (TPSA) is 114 Å². The molecule has 1 aromatic heterocycles. The van der Waals surface area contributed by atoms with E-state index in [4.69, 9.17) is 4.74 Å². The molecular formula is C18H22F2N2O6. The fourth-order valence-corrected chi connectivity index (χ4v) is 2.27. The lowest BCUT2D eigenvalue weighted by Crippen LogP contribution is -2.50. The Hall–Kier alpha value is -2.91. The van der Waals surface area contributed by atoms with Crippen molar-refractivity contribution >= 4 is 23.8 Å². The number of rotatable bonds is 7. The molecule has 1 atom stereocenters. The average molecular weight is 400 g/mol. The maximum absolute atomic E-state index is 13.6. The number of aromatic nitrogens is 1. The van der Waals surface area contributed by atoms with E-state index in [1.54, 1.807) is 20.8 Å². The van der Waals surface area contributed by atoms with Crippen LogP contribution in [0.4, 0.5) is 13.6 Å². The van der Waals surface area contributed by atoms with E-state index in [0.717, 1.165) is 12.1 Å². The molecule has 0 saturated heterocycles. The van der Waals surface area contributed by atoms with E-state index in [2.05, 4.69) is 4.98 Å². The lowest BCUT2D eigenvalue weighted by atomic mass is 10.0. The molecule has 10 heteroatoms. The molecule has 0 bridgehead atoms. The van der Waals surface area contributed by atoms with Crippen molar-refractivity contribution in [2.24, 2.45) is 0 Å². The minimum Gasteiger partial charge on any atom is -0.480 e. The van der Waals surface area contributed by atoms with Crippen LogP contribution in [0.25, 0.3) is 0 Å². The quantitative estimate of drug-likeness (QED) is 0.553. The van der Waals surface area contributed by atoms with Crippen LogP contribution in [-0.2, 0) is 14.3 Å². The van der Waals surface area contributed by atoms with Crippen LogP contribution in [0.1, 0.15) is 57.3 Å². The number of carbonyl (C=O) groups is 4. The molecular weight excluding hydrogens is 378 g/mol. The standard InChI is InChI=1S/C18H22F2N2O6/c1-5-14(24)22(17(27)28-18(2,3)4)11(16(25)26)7-8-12(23)10-6-9-13(19)21-15(10)20/h6,9,11H,5,7-8H2,1-4H3,(H,25,26). The molecule has 8 nitrogen and oxygen atoms in total. The number of carboxylic acids is 1. The summed E-state index contributed by atoms with van der Waals surface area (Å²) in [4.78, 5) is 51.6. The molecule has 1 N–H and O–H groups in total. The molecule has 1 unspecified atom stereocenters. The van der Waals surface area contributed by atoms with E-state index < -0.39 is 65.7 Å². The van der Waals surface area contributed by atoms with Gasteiger partial charge in [0.15, 0.2) is 5.78 Å². The van der Waals surface area contributed by atoms with Crippen molar-refractivity contribution in [3.63, 3.8) is 0 Å². The molecule has 154 valence electrons. The van der Waals surface area contributed by atoms with E-state index >= 15 is 0 Å². The Morgan fingerprint density at radius 3 is 2.29 bits per heavy atom. The molecule has 0 saturated carbocycles. The highest BCUT2D eigenvalue weighted by atomic mass is 19.1. The second-order valence-electron chi connectivity index (χ2n) is 6.89. The van der Waals surface area contributed by atoms with Gasteiger partial charge in [-0.3, -0.25) is 9.59 Å². The lowest BCUT2D eigenvalue weighted by Gasteiger charge is -2.29. The number of ketones is 1. The van der Waals surface area contributed by atoms with E-state index in [9.17, 15) is 33.1 Å². The highest BCUT2D eigenvalue weighted by Gasteiger charge is 2.37. The van der Waals surface area contributed by atoms with Crippen molar-refractivity contribution in [3.05, 3.63) is 29.6 Å². The van der Waals surface area contributed by atoms with Crippen LogP contribution < -0.4 is 0 Å². The molecule has 0 fully saturated rings. The van der Waals surface area contributed by atoms with Gasteiger partial charge in [-0.15, -0.1) is 0 Å². The number of carboxylic acid groups (broad SMARTS) is 1. The highest BCUT2D eigenvalue weighted by Crippen LogP contribution is 2.18. The summed E-state index contributed by atoms with van der Waals surface area (Å²) < 4.78 is 31.5. The first-order chi connectivity index (χ1) is 12.9. The minimum absolute atomic E-state index is 0.173. The molecule has 1 heterocycles. The average Bonchev–Trinajstić information content (AvgIpc) is 2.55. The maximum Gasteiger partial charge on any atom is 0.417 e. The zero-order valence-corrected chi connectivity index (χ0v) is 16.0. The van der Waals surface area contributed by atoms with Crippen molar-refractivity contribution in [1.29, 1.82) is 0 Å². The number of imide groups is 1. The normalized spacial score (nSPS) is 12.2. The van der Waals surface area contributed by atoms with Crippen molar-refractivity contribution < 1.29 is 37.8 Å². The smallest absolute Gasteiger partial charge is 0.417 e. The third-order valence-electron chi connectivity index (χ3n) is 3.52. The van der Waals surface area contributed by atoms with Gasteiger partial charge < -0.3 is 9.84 Å². The largest absolute Gasteiger partial charge is 0.480 e. The molecule has 2 amide bonds. The summed E-state index contributed by atoms with van der Waals surface area (Å²) in [5.41, 5.74) is -1.50. The predicted molar refractivity (Wildman–Crippen MR) is 92.5 cm³/mol. The van der Waals surface area contributed by atoms with E-state index in [1.165, 1.54) is 6.92 Å². The number of carbonyl (C=O) groups excluding carboxylic acids is 3. The van der Waals surface area contributed by atoms with Crippen LogP contribution in [0.2, 0.25) is 0 Å². The third kappa shape index (κ3) is 6.36. The summed E-state index contributed by atoms with van der Waals surface area (Å²) >= 11 is 0. The lowest BCUT2D eigenvalue weighted by molar-refractivity contribution is -0.149. The van der Waals surface area contributed by atoms with Crippen LogP contribution in [0.15, 0.2) is 12.1 Å². The van der Waals surface area contributed by atoms with Crippen molar-refractivity contribution in [2.75, 3.05) is 0 Å². The Morgan fingerprint density at radius 1 is 1.21 bits per heavy atom. The molecule has 0 aliphatic carbocycles. The summed E-state index contributed by atoms with van der Waals surface area (Å²) in [6, 6.07) is -0.0141. The number of halogens is 2. The molecule has 1 aromatic rings. The second kappa shape index (κ2) is 9.34. The van der Waals surface area contributed by atoms with Gasteiger partial charge in [-0.2, -0.15) is 13.8 Å². The Morgan fingerprint density at radius 2 is 1.82 bits per heavy atom. The second-order valence-corrected chi connectivity index (χ2v) is 6.89. The fourth-order valence-electron chi connectivity index (χ4n) is 2.27. The zero-order valence-electron chi connectivity index (χ0n) is 16.0. The number of nitrogens with zero attached hydrogens (tertiary/aromatic N) is 2. The van der Waals surface area contributed by atoms with Crippen molar-refractivity contribution in [3.8, 4) is 0 Å². The Bertz CT molecular complexity index is 776. The highest BCUT2D eigenvalue weighted by molar-refractivity contribution is 5.98. The molecule has 1 rings (SSSR count). The van der Waals surface area contributed by atoms with Crippen LogP contribution in [0, 0.1) is 11.9 Å². The summed E-state index contributed by atoms with van der Waals surface area (Å²) in [7, 11) is 0. The first-order valence-electron chi connectivity index (χ1n) is 8.50. The number of Topliss-reactive ketones (excluding diaryl/α,β-unsaturated/α-hetero) is 1. The molecule has 0 aromatic carbocycles. The van der Waals surface area contributed by atoms with Gasteiger partial charge in [0.05, 0.1) is 5.56 Å². The van der Waals surface area contributed by atoms with Gasteiger partial charge in [-0.1, -0.05) is 6.92 Å². The fraction of sp³-hybridized carbons (Fsp3) is 0.500. The monoisotopic (exact) mass is 400 g/mol. The summed E-state index contributed by atoms with van der Waals surface area (Å²) in [5, 5.41) is 9.46. The van der Waals surface area contributed by atoms with Gasteiger partial charge in [0.1, 0.15) is 11.6 Å². The van der Waals surface area contributed by atoms with Crippen LogP contribution in [-0.4, -0.2) is 50.4 Å². The summed E-state index contributed by atoms with van der Waals surface area (Å²) in [5.74, 6) is -5.61. The van der Waals surface area contributed by atoms with Gasteiger partial charge in [0, 0.05) is 12.8 Å². The third-order valence-corrected chi connectivity index (χ3v) is 3.52. The number of hydrogen-bond acceptors (Lipinski definition) is 6. The van der Waals surface area contributed by atoms with Gasteiger partial charge in [0.25, 0.3) is 0 Å².